The number of ketones is 1. The number of carbonyl (C=O) groups excluding carboxylic acids is 1. The molecule has 1 saturated heterocycles. The van der Waals surface area contributed by atoms with Gasteiger partial charge in [-0.05, 0) is 37.7 Å². The van der Waals surface area contributed by atoms with Gasteiger partial charge in [0, 0.05) is 5.41 Å². The number of carbonyl (C=O) groups is 1. The predicted octanol–water partition coefficient (Wildman–Crippen LogP) is 2.97. The summed E-state index contributed by atoms with van der Waals surface area (Å²) in [4.78, 5) is 12.3. The Labute approximate surface area is 103 Å². The van der Waals surface area contributed by atoms with Crippen molar-refractivity contribution in [1.29, 1.82) is 0 Å². The van der Waals surface area contributed by atoms with Gasteiger partial charge in [0.2, 0.25) is 0 Å². The fraction of sp³-hybridized carbons (Fsp3) is 0.800. The molecular formula is C15H22O2. The Morgan fingerprint density at radius 3 is 3.00 bits per heavy atom. The molecule has 0 spiro atoms. The molecule has 3 unspecified atom stereocenters. The van der Waals surface area contributed by atoms with Crippen molar-refractivity contribution >= 4 is 5.78 Å². The van der Waals surface area contributed by atoms with E-state index in [2.05, 4.69) is 20.8 Å². The van der Waals surface area contributed by atoms with Crippen molar-refractivity contribution in [3.63, 3.8) is 0 Å². The van der Waals surface area contributed by atoms with E-state index in [9.17, 15) is 4.79 Å². The fourth-order valence-electron chi connectivity index (χ4n) is 4.49. The first-order valence-corrected chi connectivity index (χ1v) is 6.87. The van der Waals surface area contributed by atoms with Gasteiger partial charge >= 0.3 is 0 Å². The Morgan fingerprint density at radius 2 is 2.24 bits per heavy atom. The first-order valence-electron chi connectivity index (χ1n) is 6.87. The van der Waals surface area contributed by atoms with Gasteiger partial charge in [0.25, 0.3) is 0 Å². The van der Waals surface area contributed by atoms with Crippen LogP contribution in [0.5, 0.6) is 0 Å². The molecule has 0 aromatic heterocycles. The van der Waals surface area contributed by atoms with Gasteiger partial charge in [-0.25, -0.2) is 0 Å². The van der Waals surface area contributed by atoms with Gasteiger partial charge in [-0.3, -0.25) is 4.79 Å². The minimum Gasteiger partial charge on any atom is -0.377 e. The topological polar surface area (TPSA) is 26.3 Å². The molecule has 0 N–H and O–H groups in total. The second kappa shape index (κ2) is 3.68. The van der Waals surface area contributed by atoms with E-state index in [1.165, 1.54) is 24.8 Å². The summed E-state index contributed by atoms with van der Waals surface area (Å²) in [6.07, 6.45) is 5.80. The van der Waals surface area contributed by atoms with Crippen LogP contribution in [-0.2, 0) is 9.53 Å². The second-order valence-corrected chi connectivity index (χ2v) is 6.50. The molecule has 3 aliphatic rings. The highest BCUT2D eigenvalue weighted by Crippen LogP contribution is 2.55. The molecule has 94 valence electrons. The Hall–Kier alpha value is -0.630. The molecule has 0 aromatic rings. The van der Waals surface area contributed by atoms with Crippen LogP contribution in [0.2, 0.25) is 0 Å². The zero-order valence-electron chi connectivity index (χ0n) is 11.0. The number of allylic oxidation sites excluding steroid dienone is 2. The maximum Gasteiger partial charge on any atom is 0.161 e. The van der Waals surface area contributed by atoms with Crippen molar-refractivity contribution in [3.05, 3.63) is 11.6 Å². The predicted molar refractivity (Wildman–Crippen MR) is 66.6 cm³/mol. The SMILES string of the molecule is CC1=CC(=O)C2C(C)COC2[C@]2(C)CCC[C@@H]12. The van der Waals surface area contributed by atoms with Crippen LogP contribution in [-0.4, -0.2) is 18.5 Å². The van der Waals surface area contributed by atoms with E-state index in [-0.39, 0.29) is 17.4 Å². The van der Waals surface area contributed by atoms with Crippen LogP contribution >= 0.6 is 0 Å². The maximum atomic E-state index is 12.3. The second-order valence-electron chi connectivity index (χ2n) is 6.50. The van der Waals surface area contributed by atoms with Crippen LogP contribution in [0.4, 0.5) is 0 Å². The molecule has 3 rings (SSSR count). The summed E-state index contributed by atoms with van der Waals surface area (Å²) in [5, 5.41) is 0. The van der Waals surface area contributed by atoms with Gasteiger partial charge in [-0.2, -0.15) is 0 Å². The lowest BCUT2D eigenvalue weighted by Gasteiger charge is -2.38. The fourth-order valence-corrected chi connectivity index (χ4v) is 4.49. The van der Waals surface area contributed by atoms with Gasteiger partial charge in [-0.1, -0.05) is 25.8 Å². The molecule has 2 nitrogen and oxygen atoms in total. The van der Waals surface area contributed by atoms with E-state index >= 15 is 0 Å². The summed E-state index contributed by atoms with van der Waals surface area (Å²) in [5.74, 6) is 1.37. The lowest BCUT2D eigenvalue weighted by molar-refractivity contribution is -0.123. The number of hydrogen-bond acceptors (Lipinski definition) is 2. The molecular weight excluding hydrogens is 212 g/mol. The molecule has 0 amide bonds. The van der Waals surface area contributed by atoms with Crippen molar-refractivity contribution in [2.24, 2.45) is 23.2 Å². The Balaban J connectivity index is 2.08. The molecule has 5 atom stereocenters. The van der Waals surface area contributed by atoms with E-state index in [0.717, 1.165) is 6.61 Å². The van der Waals surface area contributed by atoms with Crippen molar-refractivity contribution in [2.75, 3.05) is 6.61 Å². The Bertz CT molecular complexity index is 384. The summed E-state index contributed by atoms with van der Waals surface area (Å²) >= 11 is 0. The molecule has 0 radical (unpaired) electrons. The lowest BCUT2D eigenvalue weighted by Crippen LogP contribution is -2.41. The monoisotopic (exact) mass is 234 g/mol. The largest absolute Gasteiger partial charge is 0.377 e. The van der Waals surface area contributed by atoms with Gasteiger partial charge in [0.15, 0.2) is 5.78 Å². The highest BCUT2D eigenvalue weighted by Gasteiger charge is 2.55. The third kappa shape index (κ3) is 1.46. The summed E-state index contributed by atoms with van der Waals surface area (Å²) in [5.41, 5.74) is 1.49. The maximum absolute atomic E-state index is 12.3. The molecule has 2 aliphatic carbocycles. The number of hydrogen-bond donors (Lipinski definition) is 0. The summed E-state index contributed by atoms with van der Waals surface area (Å²) < 4.78 is 6.03. The number of fused-ring (bicyclic) bond motifs is 3. The van der Waals surface area contributed by atoms with Crippen LogP contribution in [0.25, 0.3) is 0 Å². The van der Waals surface area contributed by atoms with E-state index < -0.39 is 0 Å². The van der Waals surface area contributed by atoms with Gasteiger partial charge in [0.05, 0.1) is 18.6 Å². The van der Waals surface area contributed by atoms with Gasteiger partial charge in [0.1, 0.15) is 0 Å². The molecule has 2 fully saturated rings. The van der Waals surface area contributed by atoms with Crippen LogP contribution in [0.1, 0.15) is 40.0 Å². The minimum absolute atomic E-state index is 0.109. The van der Waals surface area contributed by atoms with Gasteiger partial charge in [-0.15, -0.1) is 0 Å². The zero-order chi connectivity index (χ0) is 12.2. The van der Waals surface area contributed by atoms with Crippen LogP contribution in [0.3, 0.4) is 0 Å². The van der Waals surface area contributed by atoms with E-state index in [1.807, 2.05) is 6.08 Å². The first-order chi connectivity index (χ1) is 8.04. The normalized spacial score (nSPS) is 49.6. The molecule has 0 bridgehead atoms. The zero-order valence-corrected chi connectivity index (χ0v) is 11.0. The average molecular weight is 234 g/mol. The molecule has 17 heavy (non-hydrogen) atoms. The van der Waals surface area contributed by atoms with Crippen LogP contribution < -0.4 is 0 Å². The minimum atomic E-state index is 0.109. The third-order valence-corrected chi connectivity index (χ3v) is 5.38. The molecule has 2 heteroatoms. The Kier molecular flexibility index (Phi) is 2.48. The van der Waals surface area contributed by atoms with Crippen LogP contribution in [0, 0.1) is 23.2 Å². The average Bonchev–Trinajstić information content (AvgIpc) is 2.80. The molecule has 0 aromatic carbocycles. The molecule has 1 saturated carbocycles. The summed E-state index contributed by atoms with van der Waals surface area (Å²) in [6, 6.07) is 0. The smallest absolute Gasteiger partial charge is 0.161 e. The number of ether oxygens (including phenoxy) is 1. The van der Waals surface area contributed by atoms with E-state index in [1.54, 1.807) is 0 Å². The van der Waals surface area contributed by atoms with Crippen molar-refractivity contribution in [2.45, 2.75) is 46.1 Å². The highest BCUT2D eigenvalue weighted by molar-refractivity contribution is 5.93. The van der Waals surface area contributed by atoms with Crippen molar-refractivity contribution in [3.8, 4) is 0 Å². The van der Waals surface area contributed by atoms with Crippen molar-refractivity contribution in [1.82, 2.24) is 0 Å². The van der Waals surface area contributed by atoms with E-state index in [4.69, 9.17) is 4.74 Å². The van der Waals surface area contributed by atoms with E-state index in [0.29, 0.717) is 17.6 Å². The van der Waals surface area contributed by atoms with Crippen molar-refractivity contribution < 1.29 is 9.53 Å². The Morgan fingerprint density at radius 1 is 1.47 bits per heavy atom. The number of rotatable bonds is 0. The highest BCUT2D eigenvalue weighted by atomic mass is 16.5. The quantitative estimate of drug-likeness (QED) is 0.644. The summed E-state index contributed by atoms with van der Waals surface area (Å²) in [6.45, 7) is 7.40. The summed E-state index contributed by atoms with van der Waals surface area (Å²) in [7, 11) is 0. The van der Waals surface area contributed by atoms with Crippen LogP contribution in [0.15, 0.2) is 11.6 Å². The molecule has 1 heterocycles. The lowest BCUT2D eigenvalue weighted by atomic mass is 9.69. The van der Waals surface area contributed by atoms with Gasteiger partial charge < -0.3 is 4.74 Å². The standard InChI is InChI=1S/C15H22O2/c1-9-7-12(16)13-10(2)8-17-14(13)15(3)6-4-5-11(9)15/h7,10-11,13-14H,4-6,8H2,1-3H3/t10?,11-,13?,14?,15+/m0/s1. The third-order valence-electron chi connectivity index (χ3n) is 5.38. The molecule has 1 aliphatic heterocycles. The first kappa shape index (κ1) is 11.5.